The molecule has 2 heterocycles. The van der Waals surface area contributed by atoms with Gasteiger partial charge in [-0.3, -0.25) is 9.59 Å². The smallest absolute Gasteiger partial charge is 0.246 e. The van der Waals surface area contributed by atoms with E-state index in [-0.39, 0.29) is 24.8 Å². The van der Waals surface area contributed by atoms with Crippen molar-refractivity contribution in [2.75, 3.05) is 33.2 Å². The summed E-state index contributed by atoms with van der Waals surface area (Å²) < 4.78 is 15.4. The Morgan fingerprint density at radius 3 is 2.96 bits per heavy atom. The molecule has 0 saturated carbocycles. The monoisotopic (exact) mass is 374 g/mol. The summed E-state index contributed by atoms with van der Waals surface area (Å²) in [6.07, 6.45) is 0.611. The van der Waals surface area contributed by atoms with Gasteiger partial charge in [-0.25, -0.2) is 0 Å². The second kappa shape index (κ2) is 8.17. The third kappa shape index (κ3) is 4.25. The molecule has 3 rings (SSSR count). The van der Waals surface area contributed by atoms with E-state index in [1.54, 1.807) is 39.5 Å². The number of carbonyl (C=O) groups excluding carboxylic acids is 2. The predicted molar refractivity (Wildman–Crippen MR) is 95.3 cm³/mol. The zero-order valence-electron chi connectivity index (χ0n) is 15.5. The highest BCUT2D eigenvalue weighted by Crippen LogP contribution is 2.36. The number of hydrogen-bond donors (Lipinski definition) is 1. The minimum absolute atomic E-state index is 0.0757. The molecule has 0 spiro atoms. The van der Waals surface area contributed by atoms with Crippen molar-refractivity contribution in [3.63, 3.8) is 0 Å². The molecule has 1 N–H and O–H groups in total. The first kappa shape index (κ1) is 18.8. The number of fused-ring (bicyclic) bond motifs is 1. The topological polar surface area (TPSA) is 107 Å². The number of rotatable bonds is 7. The molecule has 9 nitrogen and oxygen atoms in total. The molecule has 1 aliphatic rings. The standard InChI is InChI=1S/C18H22N4O5/c1-22(10-17-20-15(21-27-17)6-7-25-2)18(24)13-9-16(23)19-14-5-4-11(26-3)8-12(13)14/h4-5,8,13H,6-7,9-10H2,1-3H3,(H,19,23)/t13-/m1/s1. The summed E-state index contributed by atoms with van der Waals surface area (Å²) >= 11 is 0. The van der Waals surface area contributed by atoms with E-state index in [0.29, 0.717) is 36.2 Å². The van der Waals surface area contributed by atoms with Gasteiger partial charge in [-0.2, -0.15) is 4.98 Å². The van der Waals surface area contributed by atoms with E-state index in [1.807, 2.05) is 0 Å². The van der Waals surface area contributed by atoms with Crippen LogP contribution in [0.25, 0.3) is 0 Å². The largest absolute Gasteiger partial charge is 0.497 e. The fraction of sp³-hybridized carbons (Fsp3) is 0.444. The summed E-state index contributed by atoms with van der Waals surface area (Å²) in [4.78, 5) is 30.7. The lowest BCUT2D eigenvalue weighted by Gasteiger charge is -2.28. The van der Waals surface area contributed by atoms with Gasteiger partial charge in [0.25, 0.3) is 0 Å². The van der Waals surface area contributed by atoms with Gasteiger partial charge in [-0.05, 0) is 23.8 Å². The molecule has 0 fully saturated rings. The molecule has 0 unspecified atom stereocenters. The Hall–Kier alpha value is -2.94. The quantitative estimate of drug-likeness (QED) is 0.779. The highest BCUT2D eigenvalue weighted by molar-refractivity contribution is 6.01. The Morgan fingerprint density at radius 1 is 1.41 bits per heavy atom. The third-order valence-corrected chi connectivity index (χ3v) is 4.38. The number of ether oxygens (including phenoxy) is 2. The van der Waals surface area contributed by atoms with Gasteiger partial charge in [-0.15, -0.1) is 0 Å². The minimum atomic E-state index is -0.593. The van der Waals surface area contributed by atoms with Crippen LogP contribution in [0.2, 0.25) is 0 Å². The molecule has 1 atom stereocenters. The number of aromatic nitrogens is 2. The van der Waals surface area contributed by atoms with Crippen molar-refractivity contribution >= 4 is 17.5 Å². The number of nitrogens with zero attached hydrogens (tertiary/aromatic N) is 3. The van der Waals surface area contributed by atoms with Crippen LogP contribution < -0.4 is 10.1 Å². The van der Waals surface area contributed by atoms with Crippen LogP contribution in [0.4, 0.5) is 5.69 Å². The van der Waals surface area contributed by atoms with E-state index in [0.717, 1.165) is 5.56 Å². The van der Waals surface area contributed by atoms with E-state index < -0.39 is 5.92 Å². The van der Waals surface area contributed by atoms with Gasteiger partial charge in [0.05, 0.1) is 26.2 Å². The van der Waals surface area contributed by atoms with Crippen molar-refractivity contribution in [1.82, 2.24) is 15.0 Å². The molecule has 2 amide bonds. The summed E-state index contributed by atoms with van der Waals surface area (Å²) in [5.41, 5.74) is 1.36. The summed E-state index contributed by atoms with van der Waals surface area (Å²) in [5.74, 6) is 0.507. The molecule has 1 aromatic carbocycles. The maximum Gasteiger partial charge on any atom is 0.246 e. The van der Waals surface area contributed by atoms with Crippen LogP contribution in [0, 0.1) is 0 Å². The van der Waals surface area contributed by atoms with Gasteiger partial charge in [0.2, 0.25) is 17.7 Å². The van der Waals surface area contributed by atoms with Crippen molar-refractivity contribution in [1.29, 1.82) is 0 Å². The number of anilines is 1. The number of amides is 2. The fourth-order valence-corrected chi connectivity index (χ4v) is 2.98. The lowest BCUT2D eigenvalue weighted by Crippen LogP contribution is -2.36. The SMILES string of the molecule is COCCc1noc(CN(C)C(=O)[C@@H]2CC(=O)Nc3ccc(OC)cc32)n1. The Kier molecular flexibility index (Phi) is 5.70. The normalized spacial score (nSPS) is 15.8. The zero-order valence-corrected chi connectivity index (χ0v) is 15.5. The summed E-state index contributed by atoms with van der Waals surface area (Å²) in [6, 6.07) is 5.27. The molecule has 144 valence electrons. The first-order chi connectivity index (χ1) is 13.0. The van der Waals surface area contributed by atoms with Crippen molar-refractivity contribution in [3.05, 3.63) is 35.5 Å². The Balaban J connectivity index is 1.75. The second-order valence-corrected chi connectivity index (χ2v) is 6.30. The molecule has 1 aromatic heterocycles. The third-order valence-electron chi connectivity index (χ3n) is 4.38. The number of benzene rings is 1. The van der Waals surface area contributed by atoms with Crippen LogP contribution in [-0.4, -0.2) is 54.7 Å². The molecule has 0 aliphatic carbocycles. The van der Waals surface area contributed by atoms with Gasteiger partial charge in [0.15, 0.2) is 5.82 Å². The molecular formula is C18H22N4O5. The summed E-state index contributed by atoms with van der Waals surface area (Å²) in [7, 11) is 4.80. The van der Waals surface area contributed by atoms with Crippen LogP contribution in [0.3, 0.4) is 0 Å². The van der Waals surface area contributed by atoms with Crippen molar-refractivity contribution < 1.29 is 23.6 Å². The van der Waals surface area contributed by atoms with Crippen LogP contribution in [-0.2, 0) is 27.3 Å². The first-order valence-electron chi connectivity index (χ1n) is 8.55. The average molecular weight is 374 g/mol. The molecule has 0 radical (unpaired) electrons. The number of hydrogen-bond acceptors (Lipinski definition) is 7. The van der Waals surface area contributed by atoms with Crippen molar-refractivity contribution in [2.45, 2.75) is 25.3 Å². The molecule has 0 saturated heterocycles. The van der Waals surface area contributed by atoms with E-state index in [9.17, 15) is 9.59 Å². The van der Waals surface area contributed by atoms with Gasteiger partial charge >= 0.3 is 0 Å². The highest BCUT2D eigenvalue weighted by Gasteiger charge is 2.33. The lowest BCUT2D eigenvalue weighted by atomic mass is 9.89. The molecule has 2 aromatic rings. The van der Waals surface area contributed by atoms with Crippen LogP contribution in [0.15, 0.2) is 22.7 Å². The van der Waals surface area contributed by atoms with E-state index in [1.165, 1.54) is 4.90 Å². The number of carbonyl (C=O) groups is 2. The Bertz CT molecular complexity index is 835. The van der Waals surface area contributed by atoms with Crippen LogP contribution in [0.5, 0.6) is 5.75 Å². The highest BCUT2D eigenvalue weighted by atomic mass is 16.5. The van der Waals surface area contributed by atoms with Crippen molar-refractivity contribution in [2.24, 2.45) is 0 Å². The second-order valence-electron chi connectivity index (χ2n) is 6.30. The fourth-order valence-electron chi connectivity index (χ4n) is 2.98. The summed E-state index contributed by atoms with van der Waals surface area (Å²) in [5, 5.41) is 6.65. The van der Waals surface area contributed by atoms with Gasteiger partial charge in [0.1, 0.15) is 5.75 Å². The zero-order chi connectivity index (χ0) is 19.4. The van der Waals surface area contributed by atoms with Crippen molar-refractivity contribution in [3.8, 4) is 5.75 Å². The van der Waals surface area contributed by atoms with Crippen LogP contribution in [0.1, 0.15) is 29.6 Å². The van der Waals surface area contributed by atoms with Gasteiger partial charge in [0, 0.05) is 32.7 Å². The first-order valence-corrected chi connectivity index (χ1v) is 8.55. The summed E-state index contributed by atoms with van der Waals surface area (Å²) in [6.45, 7) is 0.653. The minimum Gasteiger partial charge on any atom is -0.497 e. The number of methoxy groups -OCH3 is 2. The Morgan fingerprint density at radius 2 is 2.22 bits per heavy atom. The van der Waals surface area contributed by atoms with Gasteiger partial charge < -0.3 is 24.2 Å². The average Bonchev–Trinajstić information content (AvgIpc) is 3.11. The van der Waals surface area contributed by atoms with E-state index in [4.69, 9.17) is 14.0 Å². The van der Waals surface area contributed by atoms with Crippen LogP contribution >= 0.6 is 0 Å². The maximum atomic E-state index is 13.0. The Labute approximate surface area is 156 Å². The number of likely N-dealkylation sites (N-methyl/N-ethyl adjacent to an activating group) is 1. The predicted octanol–water partition coefficient (Wildman–Crippen LogP) is 1.35. The van der Waals surface area contributed by atoms with E-state index >= 15 is 0 Å². The molecule has 0 bridgehead atoms. The van der Waals surface area contributed by atoms with E-state index in [2.05, 4.69) is 15.5 Å². The van der Waals surface area contributed by atoms with Gasteiger partial charge in [-0.1, -0.05) is 5.16 Å². The molecule has 1 aliphatic heterocycles. The maximum absolute atomic E-state index is 13.0. The molecular weight excluding hydrogens is 352 g/mol. The lowest BCUT2D eigenvalue weighted by molar-refractivity contribution is -0.134. The molecule has 9 heteroatoms. The molecule has 27 heavy (non-hydrogen) atoms. The number of nitrogens with one attached hydrogen (secondary N) is 1.